The molecule has 0 aliphatic carbocycles. The molecule has 2 heterocycles. The molecule has 0 spiro atoms. The number of hydrogen-bond donors (Lipinski definition) is 0. The lowest BCUT2D eigenvalue weighted by molar-refractivity contribution is 0.584. The van der Waals surface area contributed by atoms with Crippen molar-refractivity contribution >= 4 is 0 Å². The van der Waals surface area contributed by atoms with E-state index in [-0.39, 0.29) is 0 Å². The molecule has 0 saturated carbocycles. The van der Waals surface area contributed by atoms with Crippen molar-refractivity contribution in [3.63, 3.8) is 0 Å². The van der Waals surface area contributed by atoms with Crippen molar-refractivity contribution in [1.82, 2.24) is 25.0 Å². The second-order valence-electron chi connectivity index (χ2n) is 13.0. The first-order chi connectivity index (χ1) is 26.6. The highest BCUT2D eigenvalue weighted by Crippen LogP contribution is 2.31. The molecule has 0 amide bonds. The minimum absolute atomic E-state index is 0.533. The SMILES string of the molecule is Cc1ccc(-c2nnc(-c3ccc(-c4ccccc4)cc3)n2-c2ccccc2)cc1.Cc1ccc(-c2nnc(-c3ccc(-c4ccccc4)cc3)o2)cc1. The van der Waals surface area contributed by atoms with Gasteiger partial charge in [-0.05, 0) is 72.5 Å². The first kappa shape index (κ1) is 33.9. The van der Waals surface area contributed by atoms with Gasteiger partial charge in [0.15, 0.2) is 11.6 Å². The summed E-state index contributed by atoms with van der Waals surface area (Å²) in [6.45, 7) is 4.14. The Balaban J connectivity index is 0.000000157. The molecule has 0 fully saturated rings. The van der Waals surface area contributed by atoms with Gasteiger partial charge in [0.1, 0.15) is 0 Å². The van der Waals surface area contributed by atoms with Gasteiger partial charge in [-0.2, -0.15) is 0 Å². The minimum atomic E-state index is 0.533. The standard InChI is InChI=1S/C27H21N3.C21H16N2O/c1-20-12-14-23(15-13-20)26-28-29-27(30(26)25-10-6-3-7-11-25)24-18-16-22(17-19-24)21-8-4-2-5-9-21;1-15-7-9-18(10-8-15)20-22-23-21(24-20)19-13-11-17(12-14-19)16-5-3-2-4-6-16/h2-19H,1H3;2-14H,1H3. The quantitative estimate of drug-likeness (QED) is 0.166. The monoisotopic (exact) mass is 699 g/mol. The maximum absolute atomic E-state index is 5.82. The van der Waals surface area contributed by atoms with E-state index in [2.05, 4.69) is 148 Å². The lowest BCUT2D eigenvalue weighted by Crippen LogP contribution is -2.00. The van der Waals surface area contributed by atoms with E-state index in [0.29, 0.717) is 11.8 Å². The Bertz CT molecular complexity index is 2560. The number of nitrogens with zero attached hydrogens (tertiary/aromatic N) is 5. The number of aryl methyl sites for hydroxylation is 2. The van der Waals surface area contributed by atoms with Crippen LogP contribution in [-0.2, 0) is 0 Å². The first-order valence-electron chi connectivity index (χ1n) is 17.9. The van der Waals surface area contributed by atoms with E-state index in [9.17, 15) is 0 Å². The summed E-state index contributed by atoms with van der Waals surface area (Å²) in [7, 11) is 0. The molecule has 0 saturated heterocycles. The van der Waals surface area contributed by atoms with Crippen LogP contribution in [-0.4, -0.2) is 25.0 Å². The van der Waals surface area contributed by atoms with Crippen LogP contribution in [0.5, 0.6) is 0 Å². The molecule has 0 radical (unpaired) electrons. The molecule has 0 bridgehead atoms. The third kappa shape index (κ3) is 7.54. The van der Waals surface area contributed by atoms with Crippen molar-refractivity contribution in [2.45, 2.75) is 13.8 Å². The Kier molecular flexibility index (Phi) is 9.80. The molecule has 260 valence electrons. The lowest BCUT2D eigenvalue weighted by atomic mass is 10.0. The van der Waals surface area contributed by atoms with Gasteiger partial charge >= 0.3 is 0 Å². The molecule has 54 heavy (non-hydrogen) atoms. The second-order valence-corrected chi connectivity index (χ2v) is 13.0. The van der Waals surface area contributed by atoms with Gasteiger partial charge in [0.2, 0.25) is 11.8 Å². The van der Waals surface area contributed by atoms with E-state index in [4.69, 9.17) is 4.42 Å². The molecule has 0 aliphatic rings. The van der Waals surface area contributed by atoms with Crippen LogP contribution in [0.4, 0.5) is 0 Å². The predicted octanol–water partition coefficient (Wildman–Crippen LogP) is 12.0. The molecule has 0 unspecified atom stereocenters. The van der Waals surface area contributed by atoms with Crippen LogP contribution in [0.1, 0.15) is 11.1 Å². The van der Waals surface area contributed by atoms with E-state index in [1.165, 1.54) is 27.8 Å². The van der Waals surface area contributed by atoms with Gasteiger partial charge < -0.3 is 4.42 Å². The van der Waals surface area contributed by atoms with Crippen LogP contribution in [0.15, 0.2) is 192 Å². The zero-order chi connectivity index (χ0) is 36.7. The Morgan fingerprint density at radius 1 is 0.315 bits per heavy atom. The normalized spacial score (nSPS) is 10.8. The molecule has 9 aromatic rings. The Morgan fingerprint density at radius 3 is 1.06 bits per heavy atom. The third-order valence-electron chi connectivity index (χ3n) is 9.20. The smallest absolute Gasteiger partial charge is 0.248 e. The number of hydrogen-bond acceptors (Lipinski definition) is 5. The van der Waals surface area contributed by atoms with Crippen LogP contribution in [0.2, 0.25) is 0 Å². The molecular formula is C48H37N5O. The van der Waals surface area contributed by atoms with Gasteiger partial charge in [-0.1, -0.05) is 163 Å². The summed E-state index contributed by atoms with van der Waals surface area (Å²) in [5, 5.41) is 17.5. The molecule has 0 N–H and O–H groups in total. The first-order valence-corrected chi connectivity index (χ1v) is 17.9. The molecule has 6 nitrogen and oxygen atoms in total. The third-order valence-corrected chi connectivity index (χ3v) is 9.20. The highest BCUT2D eigenvalue weighted by molar-refractivity contribution is 5.71. The Morgan fingerprint density at radius 2 is 0.630 bits per heavy atom. The Labute approximate surface area is 315 Å². The van der Waals surface area contributed by atoms with Gasteiger partial charge in [0.05, 0.1) is 0 Å². The maximum atomic E-state index is 5.82. The van der Waals surface area contributed by atoms with E-state index < -0.39 is 0 Å². The summed E-state index contributed by atoms with van der Waals surface area (Å²) in [4.78, 5) is 0. The molecule has 0 aliphatic heterocycles. The highest BCUT2D eigenvalue weighted by Gasteiger charge is 2.17. The fraction of sp³-hybridized carbons (Fsp3) is 0.0417. The molecular weight excluding hydrogens is 663 g/mol. The Hall–Kier alpha value is -7.18. The fourth-order valence-electron chi connectivity index (χ4n) is 6.21. The van der Waals surface area contributed by atoms with Crippen LogP contribution < -0.4 is 0 Å². The molecule has 0 atom stereocenters. The van der Waals surface area contributed by atoms with Crippen molar-refractivity contribution in [3.8, 4) is 73.6 Å². The zero-order valence-electron chi connectivity index (χ0n) is 30.0. The fourth-order valence-corrected chi connectivity index (χ4v) is 6.21. The minimum Gasteiger partial charge on any atom is -0.416 e. The summed E-state index contributed by atoms with van der Waals surface area (Å²) in [6, 6.07) is 64.1. The number of rotatable bonds is 7. The average Bonchev–Trinajstić information content (AvgIpc) is 3.92. The van der Waals surface area contributed by atoms with Crippen molar-refractivity contribution in [3.05, 3.63) is 199 Å². The largest absolute Gasteiger partial charge is 0.416 e. The van der Waals surface area contributed by atoms with Gasteiger partial charge in [0.25, 0.3) is 0 Å². The molecule has 2 aromatic heterocycles. The summed E-state index contributed by atoms with van der Waals surface area (Å²) < 4.78 is 7.95. The van der Waals surface area contributed by atoms with E-state index in [0.717, 1.165) is 45.2 Å². The summed E-state index contributed by atoms with van der Waals surface area (Å²) in [6.07, 6.45) is 0. The van der Waals surface area contributed by atoms with Gasteiger partial charge in [-0.3, -0.25) is 4.57 Å². The van der Waals surface area contributed by atoms with E-state index in [1.807, 2.05) is 78.9 Å². The van der Waals surface area contributed by atoms with Gasteiger partial charge in [-0.15, -0.1) is 20.4 Å². The number of aromatic nitrogens is 5. The van der Waals surface area contributed by atoms with Gasteiger partial charge in [-0.25, -0.2) is 0 Å². The topological polar surface area (TPSA) is 69.6 Å². The summed E-state index contributed by atoms with van der Waals surface area (Å²) in [5.74, 6) is 2.74. The highest BCUT2D eigenvalue weighted by atomic mass is 16.4. The molecule has 9 rings (SSSR count). The van der Waals surface area contributed by atoms with E-state index in [1.54, 1.807) is 0 Å². The van der Waals surface area contributed by atoms with Crippen LogP contribution in [0, 0.1) is 13.8 Å². The molecule has 7 aromatic carbocycles. The maximum Gasteiger partial charge on any atom is 0.248 e. The van der Waals surface area contributed by atoms with Crippen molar-refractivity contribution in [1.29, 1.82) is 0 Å². The van der Waals surface area contributed by atoms with Gasteiger partial charge in [0, 0.05) is 27.9 Å². The average molecular weight is 700 g/mol. The van der Waals surface area contributed by atoms with E-state index >= 15 is 0 Å². The van der Waals surface area contributed by atoms with Crippen LogP contribution in [0.3, 0.4) is 0 Å². The zero-order valence-corrected chi connectivity index (χ0v) is 30.0. The van der Waals surface area contributed by atoms with Crippen molar-refractivity contribution in [2.75, 3.05) is 0 Å². The van der Waals surface area contributed by atoms with Crippen molar-refractivity contribution < 1.29 is 4.42 Å². The summed E-state index contributed by atoms with van der Waals surface area (Å²) >= 11 is 0. The number of para-hydroxylation sites is 1. The van der Waals surface area contributed by atoms with Crippen LogP contribution in [0.25, 0.3) is 73.6 Å². The van der Waals surface area contributed by atoms with Crippen molar-refractivity contribution in [2.24, 2.45) is 0 Å². The lowest BCUT2D eigenvalue weighted by Gasteiger charge is -2.11. The molecule has 6 heteroatoms. The predicted molar refractivity (Wildman–Crippen MR) is 218 cm³/mol. The number of benzene rings is 7. The summed E-state index contributed by atoms with van der Waals surface area (Å²) in [5.41, 5.74) is 12.1. The second kappa shape index (κ2) is 15.6. The van der Waals surface area contributed by atoms with Crippen LogP contribution >= 0.6 is 0 Å².